The summed E-state index contributed by atoms with van der Waals surface area (Å²) in [4.78, 5) is 0. The molecule has 0 fully saturated rings. The lowest BCUT2D eigenvalue weighted by Gasteiger charge is -2.20. The van der Waals surface area contributed by atoms with Crippen LogP contribution in [0.2, 0.25) is 0 Å². The van der Waals surface area contributed by atoms with Gasteiger partial charge in [0.15, 0.2) is 11.5 Å². The molecule has 2 aromatic carbocycles. The van der Waals surface area contributed by atoms with Crippen LogP contribution in [0.4, 0.5) is 5.69 Å². The van der Waals surface area contributed by atoms with Crippen LogP contribution in [0.3, 0.4) is 0 Å². The van der Waals surface area contributed by atoms with Crippen LogP contribution in [0.15, 0.2) is 59.8 Å². The molecule has 2 aliphatic rings. The Bertz CT molecular complexity index is 725. The molecule has 0 aromatic heterocycles. The zero-order chi connectivity index (χ0) is 14.9. The van der Waals surface area contributed by atoms with Crippen LogP contribution in [0.25, 0.3) is 0 Å². The van der Waals surface area contributed by atoms with Crippen molar-refractivity contribution in [2.24, 2.45) is 0 Å². The molecule has 0 atom stereocenters. The molecular weight excluding hydrogens is 276 g/mol. The van der Waals surface area contributed by atoms with Gasteiger partial charge in [-0.25, -0.2) is 0 Å². The van der Waals surface area contributed by atoms with Gasteiger partial charge in [0.1, 0.15) is 0 Å². The summed E-state index contributed by atoms with van der Waals surface area (Å²) in [7, 11) is 0. The first-order valence-corrected chi connectivity index (χ1v) is 7.46. The van der Waals surface area contributed by atoms with E-state index in [0.29, 0.717) is 6.79 Å². The highest BCUT2D eigenvalue weighted by atomic mass is 16.7. The molecule has 22 heavy (non-hydrogen) atoms. The number of allylic oxidation sites excluding steroid dienone is 1. The maximum atomic E-state index is 5.45. The molecule has 4 nitrogen and oxygen atoms in total. The maximum Gasteiger partial charge on any atom is 0.231 e. The molecule has 0 aliphatic carbocycles. The first kappa shape index (κ1) is 13.1. The molecule has 0 bridgehead atoms. The number of ether oxygens (including phenoxy) is 2. The van der Waals surface area contributed by atoms with E-state index in [4.69, 9.17) is 9.47 Å². The molecule has 2 heterocycles. The number of benzene rings is 2. The van der Waals surface area contributed by atoms with Crippen LogP contribution < -0.4 is 19.9 Å². The highest BCUT2D eigenvalue weighted by molar-refractivity contribution is 5.51. The van der Waals surface area contributed by atoms with Gasteiger partial charge >= 0.3 is 0 Å². The molecule has 4 rings (SSSR count). The van der Waals surface area contributed by atoms with Crippen molar-refractivity contribution in [2.45, 2.75) is 13.3 Å². The Morgan fingerprint density at radius 3 is 2.73 bits per heavy atom. The van der Waals surface area contributed by atoms with Crippen molar-refractivity contribution >= 4 is 5.69 Å². The summed E-state index contributed by atoms with van der Waals surface area (Å²) in [6.07, 6.45) is 0.867. The third kappa shape index (κ3) is 2.37. The summed E-state index contributed by atoms with van der Waals surface area (Å²) in [5.74, 6) is 1.67. The summed E-state index contributed by atoms with van der Waals surface area (Å²) in [6.45, 7) is 3.41. The third-order valence-corrected chi connectivity index (χ3v) is 4.07. The maximum absolute atomic E-state index is 5.45. The van der Waals surface area contributed by atoms with Gasteiger partial charge in [-0.3, -0.25) is 5.01 Å². The molecule has 2 aromatic rings. The fraction of sp³-hybridized carbons (Fsp3) is 0.222. The number of hydrogen-bond acceptors (Lipinski definition) is 4. The van der Waals surface area contributed by atoms with E-state index >= 15 is 0 Å². The second-order valence-corrected chi connectivity index (χ2v) is 5.66. The highest BCUT2D eigenvalue weighted by Gasteiger charge is 2.20. The third-order valence-electron chi connectivity index (χ3n) is 4.07. The van der Waals surface area contributed by atoms with Gasteiger partial charge in [-0.15, -0.1) is 0 Å². The predicted molar refractivity (Wildman–Crippen MR) is 85.9 cm³/mol. The average molecular weight is 294 g/mol. The second kappa shape index (κ2) is 5.30. The molecule has 0 spiro atoms. The number of nitrogens with one attached hydrogen (secondary N) is 1. The van der Waals surface area contributed by atoms with Crippen LogP contribution in [0.1, 0.15) is 12.5 Å². The van der Waals surface area contributed by atoms with Crippen molar-refractivity contribution in [1.29, 1.82) is 0 Å². The lowest BCUT2D eigenvalue weighted by Crippen LogP contribution is -2.32. The Balaban J connectivity index is 1.50. The van der Waals surface area contributed by atoms with Crippen LogP contribution in [-0.4, -0.2) is 13.3 Å². The standard InChI is InChI=1S/C18H18N2O2/c1-13-11-20(15-5-3-2-4-6-15)19-16(13)9-14-7-8-17-18(10-14)22-12-21-17/h2-8,10,19H,9,11-12H2,1H3. The zero-order valence-corrected chi connectivity index (χ0v) is 12.5. The predicted octanol–water partition coefficient (Wildman–Crippen LogP) is 3.26. The van der Waals surface area contributed by atoms with Gasteiger partial charge in [0.2, 0.25) is 6.79 Å². The van der Waals surface area contributed by atoms with Gasteiger partial charge in [0.05, 0.1) is 12.2 Å². The molecule has 112 valence electrons. The Morgan fingerprint density at radius 2 is 1.86 bits per heavy atom. The van der Waals surface area contributed by atoms with E-state index < -0.39 is 0 Å². The van der Waals surface area contributed by atoms with Gasteiger partial charge in [0, 0.05) is 12.1 Å². The molecule has 0 saturated carbocycles. The quantitative estimate of drug-likeness (QED) is 0.942. The van der Waals surface area contributed by atoms with Crippen molar-refractivity contribution in [3.63, 3.8) is 0 Å². The van der Waals surface area contributed by atoms with Crippen LogP contribution in [-0.2, 0) is 6.42 Å². The van der Waals surface area contributed by atoms with E-state index in [9.17, 15) is 0 Å². The number of para-hydroxylation sites is 1. The first-order valence-electron chi connectivity index (χ1n) is 7.46. The van der Waals surface area contributed by atoms with Gasteiger partial charge < -0.3 is 14.9 Å². The minimum atomic E-state index is 0.320. The molecule has 0 saturated heterocycles. The Labute approximate surface area is 129 Å². The molecule has 0 amide bonds. The van der Waals surface area contributed by atoms with Gasteiger partial charge in [-0.2, -0.15) is 0 Å². The Kier molecular flexibility index (Phi) is 3.15. The van der Waals surface area contributed by atoms with Crippen LogP contribution in [0, 0.1) is 0 Å². The molecule has 1 N–H and O–H groups in total. The van der Waals surface area contributed by atoms with Gasteiger partial charge in [0.25, 0.3) is 0 Å². The normalized spacial score (nSPS) is 16.1. The monoisotopic (exact) mass is 294 g/mol. The average Bonchev–Trinajstić information content (AvgIpc) is 3.15. The second-order valence-electron chi connectivity index (χ2n) is 5.66. The molecule has 0 unspecified atom stereocenters. The van der Waals surface area contributed by atoms with Crippen molar-refractivity contribution in [3.8, 4) is 11.5 Å². The largest absolute Gasteiger partial charge is 0.454 e. The Hall–Kier alpha value is -2.62. The van der Waals surface area contributed by atoms with Crippen molar-refractivity contribution in [1.82, 2.24) is 5.43 Å². The number of fused-ring (bicyclic) bond motifs is 1. The number of nitrogens with zero attached hydrogens (tertiary/aromatic N) is 1. The van der Waals surface area contributed by atoms with Crippen molar-refractivity contribution < 1.29 is 9.47 Å². The zero-order valence-electron chi connectivity index (χ0n) is 12.5. The SMILES string of the molecule is CC1=C(Cc2ccc3c(c2)OCO3)NN(c2ccccc2)C1. The number of anilines is 1. The number of hydrazine groups is 1. The molecular formula is C18H18N2O2. The van der Waals surface area contributed by atoms with E-state index in [-0.39, 0.29) is 0 Å². The highest BCUT2D eigenvalue weighted by Crippen LogP contribution is 2.33. The van der Waals surface area contributed by atoms with E-state index in [1.807, 2.05) is 12.1 Å². The van der Waals surface area contributed by atoms with Gasteiger partial charge in [-0.05, 0) is 42.3 Å². The minimum absolute atomic E-state index is 0.320. The summed E-state index contributed by atoms with van der Waals surface area (Å²) >= 11 is 0. The molecule has 2 aliphatic heterocycles. The minimum Gasteiger partial charge on any atom is -0.454 e. The van der Waals surface area contributed by atoms with Gasteiger partial charge in [-0.1, -0.05) is 24.3 Å². The van der Waals surface area contributed by atoms with Crippen LogP contribution in [0.5, 0.6) is 11.5 Å². The number of rotatable bonds is 3. The Morgan fingerprint density at radius 1 is 1.05 bits per heavy atom. The smallest absolute Gasteiger partial charge is 0.231 e. The lowest BCUT2D eigenvalue weighted by atomic mass is 10.1. The van der Waals surface area contributed by atoms with E-state index in [1.54, 1.807) is 0 Å². The fourth-order valence-corrected chi connectivity index (χ4v) is 2.84. The molecule has 0 radical (unpaired) electrons. The van der Waals surface area contributed by atoms with Crippen molar-refractivity contribution in [2.75, 3.05) is 18.3 Å². The lowest BCUT2D eigenvalue weighted by molar-refractivity contribution is 0.174. The summed E-state index contributed by atoms with van der Waals surface area (Å²) in [5.41, 5.74) is 8.54. The van der Waals surface area contributed by atoms with E-state index in [0.717, 1.165) is 24.5 Å². The first-order chi connectivity index (χ1) is 10.8. The summed E-state index contributed by atoms with van der Waals surface area (Å²) < 4.78 is 10.8. The van der Waals surface area contributed by atoms with E-state index in [1.165, 1.54) is 22.5 Å². The number of hydrogen-bond donors (Lipinski definition) is 1. The topological polar surface area (TPSA) is 33.7 Å². The fourth-order valence-electron chi connectivity index (χ4n) is 2.84. The summed E-state index contributed by atoms with van der Waals surface area (Å²) in [5, 5.41) is 2.18. The van der Waals surface area contributed by atoms with E-state index in [2.05, 4.69) is 53.8 Å². The molecule has 4 heteroatoms. The van der Waals surface area contributed by atoms with Crippen molar-refractivity contribution in [3.05, 3.63) is 65.4 Å². The van der Waals surface area contributed by atoms with Crippen LogP contribution >= 0.6 is 0 Å². The summed E-state index contributed by atoms with van der Waals surface area (Å²) in [6, 6.07) is 16.5.